The number of nitrogens with two attached hydrogens (primary N) is 1. The molecule has 0 spiro atoms. The standard InChI is InChI=1S/C15H14FN3S/c1-9-5-6-11(16)10(8-9)14-13(12-4-3-7-20-12)15(17)19(2)18-14/h3-8H,17H2,1-2H3. The van der Waals surface area contributed by atoms with Gasteiger partial charge in [-0.1, -0.05) is 17.7 Å². The number of halogens is 1. The van der Waals surface area contributed by atoms with Crippen LogP contribution in [0.15, 0.2) is 35.7 Å². The van der Waals surface area contributed by atoms with Crippen LogP contribution in [0.3, 0.4) is 0 Å². The Kier molecular flexibility index (Phi) is 3.06. The van der Waals surface area contributed by atoms with Crippen molar-refractivity contribution >= 4 is 17.2 Å². The maximum atomic E-state index is 14.1. The van der Waals surface area contributed by atoms with Gasteiger partial charge in [-0.25, -0.2) is 4.39 Å². The van der Waals surface area contributed by atoms with E-state index in [1.54, 1.807) is 35.2 Å². The smallest absolute Gasteiger partial charge is 0.132 e. The Morgan fingerprint density at radius 2 is 2.10 bits per heavy atom. The number of aromatic nitrogens is 2. The van der Waals surface area contributed by atoms with Crippen LogP contribution in [0.2, 0.25) is 0 Å². The number of anilines is 1. The second-order valence-electron chi connectivity index (χ2n) is 4.69. The topological polar surface area (TPSA) is 43.8 Å². The third-order valence-corrected chi connectivity index (χ3v) is 4.12. The molecule has 0 aliphatic heterocycles. The van der Waals surface area contributed by atoms with Crippen LogP contribution in [0.1, 0.15) is 5.56 Å². The summed E-state index contributed by atoms with van der Waals surface area (Å²) < 4.78 is 15.7. The van der Waals surface area contributed by atoms with Gasteiger partial charge in [0.2, 0.25) is 0 Å². The molecule has 0 saturated carbocycles. The zero-order chi connectivity index (χ0) is 14.3. The summed E-state index contributed by atoms with van der Waals surface area (Å²) >= 11 is 1.57. The predicted molar refractivity (Wildman–Crippen MR) is 81.1 cm³/mol. The van der Waals surface area contributed by atoms with E-state index in [4.69, 9.17) is 5.73 Å². The van der Waals surface area contributed by atoms with Gasteiger partial charge in [-0.15, -0.1) is 11.3 Å². The largest absolute Gasteiger partial charge is 0.383 e. The summed E-state index contributed by atoms with van der Waals surface area (Å²) in [6.07, 6.45) is 0. The third kappa shape index (κ3) is 2.00. The fraction of sp³-hybridized carbons (Fsp3) is 0.133. The van der Waals surface area contributed by atoms with Gasteiger partial charge in [-0.2, -0.15) is 5.10 Å². The van der Waals surface area contributed by atoms with Crippen molar-refractivity contribution in [3.8, 4) is 21.7 Å². The van der Waals surface area contributed by atoms with E-state index in [9.17, 15) is 4.39 Å². The Morgan fingerprint density at radius 3 is 2.80 bits per heavy atom. The molecule has 3 rings (SSSR count). The average Bonchev–Trinajstić information content (AvgIpc) is 3.02. The van der Waals surface area contributed by atoms with E-state index in [0.717, 1.165) is 16.0 Å². The number of nitrogens with zero attached hydrogens (tertiary/aromatic N) is 2. The van der Waals surface area contributed by atoms with Crippen LogP contribution in [-0.2, 0) is 7.05 Å². The van der Waals surface area contributed by atoms with E-state index in [0.29, 0.717) is 17.1 Å². The van der Waals surface area contributed by atoms with Gasteiger partial charge < -0.3 is 5.73 Å². The van der Waals surface area contributed by atoms with Gasteiger partial charge in [0.15, 0.2) is 0 Å². The van der Waals surface area contributed by atoms with E-state index in [1.165, 1.54) is 6.07 Å². The quantitative estimate of drug-likeness (QED) is 0.778. The lowest BCUT2D eigenvalue weighted by Gasteiger charge is -2.04. The molecule has 3 nitrogen and oxygen atoms in total. The lowest BCUT2D eigenvalue weighted by Crippen LogP contribution is -1.97. The highest BCUT2D eigenvalue weighted by Gasteiger charge is 2.20. The summed E-state index contributed by atoms with van der Waals surface area (Å²) in [7, 11) is 1.77. The van der Waals surface area contributed by atoms with Gasteiger partial charge in [0.1, 0.15) is 17.3 Å². The molecule has 3 aromatic rings. The molecule has 0 radical (unpaired) electrons. The van der Waals surface area contributed by atoms with Crippen molar-refractivity contribution in [2.24, 2.45) is 7.05 Å². The van der Waals surface area contributed by atoms with Crippen LogP contribution in [0, 0.1) is 12.7 Å². The summed E-state index contributed by atoms with van der Waals surface area (Å²) in [6.45, 7) is 1.93. The van der Waals surface area contributed by atoms with Gasteiger partial charge in [0, 0.05) is 17.5 Å². The molecule has 0 aliphatic rings. The molecule has 5 heteroatoms. The van der Waals surface area contributed by atoms with Crippen LogP contribution < -0.4 is 5.73 Å². The second kappa shape index (κ2) is 4.76. The minimum absolute atomic E-state index is 0.286. The average molecular weight is 287 g/mol. The van der Waals surface area contributed by atoms with E-state index >= 15 is 0 Å². The van der Waals surface area contributed by atoms with Crippen LogP contribution in [0.4, 0.5) is 10.2 Å². The maximum absolute atomic E-state index is 14.1. The molecule has 2 aromatic heterocycles. The SMILES string of the molecule is Cc1ccc(F)c(-c2nn(C)c(N)c2-c2cccs2)c1. The molecular formula is C15H14FN3S. The predicted octanol–water partition coefficient (Wildman–Crippen LogP) is 3.85. The summed E-state index contributed by atoms with van der Waals surface area (Å²) in [5.74, 6) is 0.259. The Labute approximate surface area is 120 Å². The highest BCUT2D eigenvalue weighted by atomic mass is 32.1. The molecule has 1 aromatic carbocycles. The van der Waals surface area contributed by atoms with Crippen LogP contribution in [0.5, 0.6) is 0 Å². The summed E-state index contributed by atoms with van der Waals surface area (Å²) in [6, 6.07) is 8.93. The van der Waals surface area contributed by atoms with E-state index < -0.39 is 0 Å². The lowest BCUT2D eigenvalue weighted by molar-refractivity contribution is 0.629. The Morgan fingerprint density at radius 1 is 1.30 bits per heavy atom. The number of benzene rings is 1. The van der Waals surface area contributed by atoms with Crippen molar-refractivity contribution in [3.63, 3.8) is 0 Å². The molecule has 0 atom stereocenters. The number of thiophene rings is 1. The van der Waals surface area contributed by atoms with Gasteiger partial charge in [0.25, 0.3) is 0 Å². The molecule has 2 heterocycles. The summed E-state index contributed by atoms with van der Waals surface area (Å²) in [4.78, 5) is 0.992. The van der Waals surface area contributed by atoms with E-state index in [2.05, 4.69) is 5.10 Å². The Hall–Kier alpha value is -2.14. The fourth-order valence-electron chi connectivity index (χ4n) is 2.21. The molecule has 0 saturated heterocycles. The number of hydrogen-bond acceptors (Lipinski definition) is 3. The van der Waals surface area contributed by atoms with Crippen LogP contribution in [-0.4, -0.2) is 9.78 Å². The van der Waals surface area contributed by atoms with E-state index in [-0.39, 0.29) is 5.82 Å². The maximum Gasteiger partial charge on any atom is 0.132 e. The molecule has 0 aliphatic carbocycles. The number of rotatable bonds is 2. The van der Waals surface area contributed by atoms with Gasteiger partial charge in [-0.3, -0.25) is 4.68 Å². The highest BCUT2D eigenvalue weighted by molar-refractivity contribution is 7.13. The first-order chi connectivity index (χ1) is 9.58. The zero-order valence-electron chi connectivity index (χ0n) is 11.2. The lowest BCUT2D eigenvalue weighted by atomic mass is 10.0. The fourth-order valence-corrected chi connectivity index (χ4v) is 2.99. The first kappa shape index (κ1) is 12.9. The van der Waals surface area contributed by atoms with Crippen molar-refractivity contribution in [2.75, 3.05) is 5.73 Å². The van der Waals surface area contributed by atoms with Gasteiger partial charge >= 0.3 is 0 Å². The molecule has 0 bridgehead atoms. The molecular weight excluding hydrogens is 273 g/mol. The minimum atomic E-state index is -0.286. The second-order valence-corrected chi connectivity index (χ2v) is 5.64. The number of aryl methyl sites for hydroxylation is 2. The van der Waals surface area contributed by atoms with Crippen molar-refractivity contribution < 1.29 is 4.39 Å². The first-order valence-corrected chi connectivity index (χ1v) is 7.08. The third-order valence-electron chi connectivity index (χ3n) is 3.24. The van der Waals surface area contributed by atoms with Crippen LogP contribution in [0.25, 0.3) is 21.7 Å². The molecule has 20 heavy (non-hydrogen) atoms. The van der Waals surface area contributed by atoms with Crippen molar-refractivity contribution in [1.82, 2.24) is 9.78 Å². The molecule has 2 N–H and O–H groups in total. The normalized spacial score (nSPS) is 10.9. The minimum Gasteiger partial charge on any atom is -0.383 e. The zero-order valence-corrected chi connectivity index (χ0v) is 12.0. The van der Waals surface area contributed by atoms with Crippen molar-refractivity contribution in [1.29, 1.82) is 0 Å². The molecule has 0 fully saturated rings. The number of hydrogen-bond donors (Lipinski definition) is 1. The Bertz CT molecular complexity index is 760. The molecule has 0 unspecified atom stereocenters. The summed E-state index contributed by atoms with van der Waals surface area (Å²) in [5, 5.41) is 6.37. The Balaban J connectivity index is 2.30. The van der Waals surface area contributed by atoms with Crippen molar-refractivity contribution in [2.45, 2.75) is 6.92 Å². The first-order valence-electron chi connectivity index (χ1n) is 6.21. The molecule has 0 amide bonds. The van der Waals surface area contributed by atoms with Gasteiger partial charge in [-0.05, 0) is 30.5 Å². The van der Waals surface area contributed by atoms with Crippen molar-refractivity contribution in [3.05, 3.63) is 47.1 Å². The van der Waals surface area contributed by atoms with E-state index in [1.807, 2.05) is 24.4 Å². The highest BCUT2D eigenvalue weighted by Crippen LogP contribution is 2.39. The van der Waals surface area contributed by atoms with Crippen LogP contribution >= 0.6 is 11.3 Å². The number of nitrogen functional groups attached to an aromatic ring is 1. The molecule has 102 valence electrons. The summed E-state index contributed by atoms with van der Waals surface area (Å²) in [5.41, 5.74) is 8.97. The van der Waals surface area contributed by atoms with Gasteiger partial charge in [0.05, 0.1) is 5.56 Å². The monoisotopic (exact) mass is 287 g/mol.